The van der Waals surface area contributed by atoms with Crippen LogP contribution in [-0.4, -0.2) is 54.6 Å². The normalized spacial score (nSPS) is 13.3. The molecule has 1 fully saturated rings. The van der Waals surface area contributed by atoms with E-state index in [4.69, 9.17) is 14.3 Å². The van der Waals surface area contributed by atoms with Crippen LogP contribution in [0.4, 0.5) is 0 Å². The Morgan fingerprint density at radius 2 is 1.43 bits per heavy atom. The van der Waals surface area contributed by atoms with Gasteiger partial charge in [0.05, 0.1) is 34.8 Å². The second-order valence-corrected chi connectivity index (χ2v) is 14.3. The lowest BCUT2D eigenvalue weighted by molar-refractivity contribution is -0.645. The van der Waals surface area contributed by atoms with E-state index in [0.29, 0.717) is 51.0 Å². The summed E-state index contributed by atoms with van der Waals surface area (Å²) in [6.07, 6.45) is 4.49. The molecule has 272 valence electrons. The first kappa shape index (κ1) is 36.9. The number of ether oxygens (including phenoxy) is 2. The van der Waals surface area contributed by atoms with Gasteiger partial charge >= 0.3 is 11.9 Å². The first-order chi connectivity index (χ1) is 25.3. The predicted octanol–water partition coefficient (Wildman–Crippen LogP) is 6.18. The maximum Gasteiger partial charge on any atom is 0.363 e. The minimum atomic E-state index is -4.11. The van der Waals surface area contributed by atoms with Gasteiger partial charge in [-0.1, -0.05) is 36.4 Å². The van der Waals surface area contributed by atoms with Crippen molar-refractivity contribution in [3.05, 3.63) is 112 Å². The maximum absolute atomic E-state index is 14.4. The molecule has 5 aromatic rings. The molecule has 0 atom stereocenters. The molecule has 6 rings (SSSR count). The summed E-state index contributed by atoms with van der Waals surface area (Å²) in [6.45, 7) is 3.75. The summed E-state index contributed by atoms with van der Waals surface area (Å²) < 4.78 is 45.5. The lowest BCUT2D eigenvalue weighted by Gasteiger charge is -2.16. The highest BCUT2D eigenvalue weighted by atomic mass is 32.2. The Balaban J connectivity index is 1.39. The Morgan fingerprint density at radius 1 is 0.811 bits per heavy atom. The molecular weight excluding hydrogens is 701 g/mol. The van der Waals surface area contributed by atoms with Crippen molar-refractivity contribution in [2.24, 2.45) is 0 Å². The van der Waals surface area contributed by atoms with Crippen LogP contribution in [0.5, 0.6) is 11.5 Å². The molecule has 0 bridgehead atoms. The first-order valence-corrected chi connectivity index (χ1v) is 18.5. The van der Waals surface area contributed by atoms with Crippen molar-refractivity contribution < 1.29 is 51.0 Å². The van der Waals surface area contributed by atoms with E-state index in [2.05, 4.69) is 0 Å². The number of unbranched alkanes of at least 4 members (excludes halogenated alkanes) is 1. The average Bonchev–Trinajstić information content (AvgIpc) is 3.45. The number of methoxy groups -OCH3 is 1. The second kappa shape index (κ2) is 15.4. The minimum Gasteiger partial charge on any atom is -0.497 e. The molecule has 1 saturated heterocycles. The number of aryl methyl sites for hydroxylation is 3. The van der Waals surface area contributed by atoms with E-state index < -0.39 is 33.9 Å². The second-order valence-electron chi connectivity index (χ2n) is 12.7. The van der Waals surface area contributed by atoms with Crippen LogP contribution >= 0.6 is 0 Å². The van der Waals surface area contributed by atoms with Crippen LogP contribution in [0.1, 0.15) is 68.7 Å². The third-order valence-electron chi connectivity index (χ3n) is 8.94. The van der Waals surface area contributed by atoms with Crippen LogP contribution in [0.2, 0.25) is 0 Å². The van der Waals surface area contributed by atoms with Gasteiger partial charge < -0.3 is 14.3 Å². The number of aromatic nitrogens is 1. The Bertz CT molecular complexity index is 2380. The number of carbonyl (C=O) groups excluding carboxylic acids is 4. The van der Waals surface area contributed by atoms with Gasteiger partial charge in [0.1, 0.15) is 18.0 Å². The fraction of sp³-hybridized carbons (Fsp3) is 0.225. The summed E-state index contributed by atoms with van der Waals surface area (Å²) in [7, 11) is -2.51. The maximum atomic E-state index is 14.4. The molecule has 2 amide bonds. The van der Waals surface area contributed by atoms with Crippen LogP contribution in [-0.2, 0) is 31.1 Å². The van der Waals surface area contributed by atoms with E-state index in [1.54, 1.807) is 21.0 Å². The van der Waals surface area contributed by atoms with Crippen molar-refractivity contribution in [2.45, 2.75) is 46.1 Å². The fourth-order valence-corrected chi connectivity index (χ4v) is 6.95. The number of esters is 1. The van der Waals surface area contributed by atoms with Gasteiger partial charge in [-0.15, -0.1) is 5.06 Å². The van der Waals surface area contributed by atoms with Crippen molar-refractivity contribution in [3.8, 4) is 11.5 Å². The topological polar surface area (TPSA) is 157 Å². The number of hydrogen-bond acceptors (Lipinski definition) is 9. The van der Waals surface area contributed by atoms with E-state index in [-0.39, 0.29) is 36.3 Å². The Morgan fingerprint density at radius 3 is 2.09 bits per heavy atom. The highest BCUT2D eigenvalue weighted by Gasteiger charge is 2.33. The summed E-state index contributed by atoms with van der Waals surface area (Å²) in [5.41, 5.74) is 4.45. The third-order valence-corrected chi connectivity index (χ3v) is 9.74. The summed E-state index contributed by atoms with van der Waals surface area (Å²) in [5, 5.41) is 1.68. The van der Waals surface area contributed by atoms with Crippen LogP contribution < -0.4 is 14.0 Å². The monoisotopic (exact) mass is 737 g/mol. The van der Waals surface area contributed by atoms with Crippen molar-refractivity contribution in [2.75, 3.05) is 12.9 Å². The molecule has 0 unspecified atom stereocenters. The van der Waals surface area contributed by atoms with Crippen molar-refractivity contribution >= 4 is 67.8 Å². The van der Waals surface area contributed by atoms with E-state index >= 15 is 0 Å². The zero-order valence-corrected chi connectivity index (χ0v) is 30.1. The zero-order valence-electron chi connectivity index (χ0n) is 29.3. The van der Waals surface area contributed by atoms with Crippen LogP contribution in [0, 0.1) is 13.8 Å². The molecule has 13 heteroatoms. The summed E-state index contributed by atoms with van der Waals surface area (Å²) in [4.78, 5) is 56.3. The van der Waals surface area contributed by atoms with Gasteiger partial charge in [0.2, 0.25) is 11.0 Å². The van der Waals surface area contributed by atoms with Gasteiger partial charge in [-0.25, -0.2) is 9.59 Å². The lowest BCUT2D eigenvalue weighted by Crippen LogP contribution is -2.37. The third kappa shape index (κ3) is 8.27. The number of amides is 2. The van der Waals surface area contributed by atoms with Gasteiger partial charge in [0.15, 0.2) is 0 Å². The average molecular weight is 738 g/mol. The number of hydroxylamine groups is 2. The van der Waals surface area contributed by atoms with Gasteiger partial charge in [-0.3, -0.25) is 14.1 Å². The number of nitrogens with zero attached hydrogens (tertiary/aromatic N) is 2. The van der Waals surface area contributed by atoms with E-state index in [9.17, 15) is 32.1 Å². The molecule has 53 heavy (non-hydrogen) atoms. The van der Waals surface area contributed by atoms with Crippen molar-refractivity contribution in [1.82, 2.24) is 5.06 Å². The van der Waals surface area contributed by atoms with Crippen molar-refractivity contribution in [1.29, 1.82) is 0 Å². The van der Waals surface area contributed by atoms with Crippen LogP contribution in [0.15, 0.2) is 78.9 Å². The van der Waals surface area contributed by atoms with Gasteiger partial charge in [-0.05, 0) is 85.0 Å². The Hall–Kier alpha value is -5.92. The summed E-state index contributed by atoms with van der Waals surface area (Å²) >= 11 is 0. The Labute approximate surface area is 305 Å². The first-order valence-electron chi connectivity index (χ1n) is 16.9. The number of pyridine rings is 1. The lowest BCUT2D eigenvalue weighted by atomic mass is 9.99. The SMILES string of the molecule is COc1ccc(/C=C/c2ccc3c(c2)c(C(=O)Oc2c(C)cc(C(=O)ON4C(=O)CCC4=O)cc2C)c2ccccc2[n+]3CCCCS(=O)(=O)O)cc1. The molecule has 1 N–H and O–H groups in total. The molecule has 0 saturated carbocycles. The highest BCUT2D eigenvalue weighted by molar-refractivity contribution is 7.85. The molecule has 0 radical (unpaired) electrons. The number of fused-ring (bicyclic) bond motifs is 2. The summed E-state index contributed by atoms with van der Waals surface area (Å²) in [5.74, 6) is -2.12. The molecule has 4 aromatic carbocycles. The van der Waals surface area contributed by atoms with E-state index in [1.165, 1.54) is 12.1 Å². The number of imide groups is 1. The molecular formula is C40H37N2O10S+. The van der Waals surface area contributed by atoms with E-state index in [0.717, 1.165) is 22.4 Å². The van der Waals surface area contributed by atoms with Gasteiger partial charge in [0, 0.05) is 31.4 Å². The largest absolute Gasteiger partial charge is 0.497 e. The number of benzene rings is 4. The molecule has 1 aliphatic heterocycles. The molecule has 1 aliphatic rings. The number of rotatable bonds is 12. The number of para-hydroxylation sites is 1. The smallest absolute Gasteiger partial charge is 0.363 e. The molecule has 0 aliphatic carbocycles. The molecule has 0 spiro atoms. The molecule has 12 nitrogen and oxygen atoms in total. The standard InChI is InChI=1S/C40H36N2O10S/c1-25-22-29(39(45)52-42-35(43)18-19-36(42)44)23-26(2)38(25)51-40(46)37-31-8-4-5-9-33(31)41(20-6-7-21-53(47,48)49)34-17-14-28(24-32(34)37)11-10-27-12-15-30(50-3)16-13-27/h4-5,8-17,22-24H,6-7,18-21H2,1-3H3/p+1/b11-10+. The van der Waals surface area contributed by atoms with Gasteiger partial charge in [0.25, 0.3) is 21.9 Å². The Kier molecular flexibility index (Phi) is 10.7. The van der Waals surface area contributed by atoms with E-state index in [1.807, 2.05) is 83.4 Å². The predicted molar refractivity (Wildman–Crippen MR) is 197 cm³/mol. The number of carbonyl (C=O) groups is 4. The highest BCUT2D eigenvalue weighted by Crippen LogP contribution is 2.31. The minimum absolute atomic E-state index is 0.0313. The quantitative estimate of drug-likeness (QED) is 0.0229. The van der Waals surface area contributed by atoms with Crippen molar-refractivity contribution in [3.63, 3.8) is 0 Å². The fourth-order valence-electron chi connectivity index (χ4n) is 6.38. The molecule has 1 aromatic heterocycles. The van der Waals surface area contributed by atoms with Gasteiger partial charge in [-0.2, -0.15) is 13.0 Å². The summed E-state index contributed by atoms with van der Waals surface area (Å²) in [6, 6.07) is 23.6. The molecule has 2 heterocycles. The zero-order chi connectivity index (χ0) is 37.9. The van der Waals surface area contributed by atoms with Crippen LogP contribution in [0.25, 0.3) is 34.0 Å². The van der Waals surface area contributed by atoms with Crippen LogP contribution in [0.3, 0.4) is 0 Å². The number of hydrogen-bond donors (Lipinski definition) is 1.